The average Bonchev–Trinajstić information content (AvgIpc) is 2.56. The number of aliphatic imine (C=N–C) groups is 1. The third-order valence-electron chi connectivity index (χ3n) is 4.05. The normalized spacial score (nSPS) is 24.7. The summed E-state index contributed by atoms with van der Waals surface area (Å²) >= 11 is 0. The van der Waals surface area contributed by atoms with E-state index in [1.807, 2.05) is 0 Å². The smallest absolute Gasteiger partial charge is 0.0671 e. The van der Waals surface area contributed by atoms with Gasteiger partial charge in [-0.1, -0.05) is 18.2 Å². The van der Waals surface area contributed by atoms with E-state index in [1.165, 1.54) is 12.1 Å². The second-order valence-electron chi connectivity index (χ2n) is 5.53. The quantitative estimate of drug-likeness (QED) is 0.753. The Morgan fingerprint density at radius 3 is 2.89 bits per heavy atom. The highest BCUT2D eigenvalue weighted by molar-refractivity contribution is 5.71. The molecule has 0 aliphatic carbocycles. The Hall–Kier alpha value is -1.19. The Morgan fingerprint density at radius 2 is 2.06 bits per heavy atom. The van der Waals surface area contributed by atoms with E-state index in [-0.39, 0.29) is 0 Å². The van der Waals surface area contributed by atoms with Gasteiger partial charge in [-0.3, -0.25) is 14.8 Å². The number of piperazine rings is 1. The second kappa shape index (κ2) is 4.82. The van der Waals surface area contributed by atoms with Gasteiger partial charge < -0.3 is 0 Å². The van der Waals surface area contributed by atoms with Crippen molar-refractivity contribution in [2.75, 3.05) is 19.6 Å². The van der Waals surface area contributed by atoms with Crippen molar-refractivity contribution in [3.05, 3.63) is 29.8 Å². The predicted octanol–water partition coefficient (Wildman–Crippen LogP) is 2.30. The molecule has 0 N–H and O–H groups in total. The van der Waals surface area contributed by atoms with Crippen LogP contribution in [0.4, 0.5) is 5.69 Å². The molecule has 2 heterocycles. The molecule has 2 aliphatic rings. The minimum Gasteiger partial charge on any atom is -0.298 e. The van der Waals surface area contributed by atoms with Crippen LogP contribution in [0.15, 0.2) is 29.3 Å². The minimum atomic E-state index is 0.466. The van der Waals surface area contributed by atoms with Crippen LogP contribution in [-0.4, -0.2) is 47.7 Å². The van der Waals surface area contributed by atoms with Gasteiger partial charge in [-0.15, -0.1) is 0 Å². The largest absolute Gasteiger partial charge is 0.298 e. The molecule has 1 fully saturated rings. The second-order valence-corrected chi connectivity index (χ2v) is 5.53. The zero-order chi connectivity index (χ0) is 12.5. The van der Waals surface area contributed by atoms with Gasteiger partial charge in [0, 0.05) is 38.4 Å². The fourth-order valence-electron chi connectivity index (χ4n) is 2.83. The summed E-state index contributed by atoms with van der Waals surface area (Å²) in [5, 5.41) is 0. The summed E-state index contributed by atoms with van der Waals surface area (Å²) in [4.78, 5) is 9.77. The SMILES string of the molecule is CC(C)N1CCN2Cc3ccccc3N=CC2C1. The molecule has 3 rings (SSSR count). The first-order valence-corrected chi connectivity index (χ1v) is 6.84. The number of rotatable bonds is 1. The third kappa shape index (κ3) is 2.20. The highest BCUT2D eigenvalue weighted by Gasteiger charge is 2.28. The maximum Gasteiger partial charge on any atom is 0.0671 e. The number of para-hydroxylation sites is 1. The average molecular weight is 243 g/mol. The van der Waals surface area contributed by atoms with Gasteiger partial charge in [0.1, 0.15) is 0 Å². The molecular weight excluding hydrogens is 222 g/mol. The van der Waals surface area contributed by atoms with E-state index in [0.717, 1.165) is 25.3 Å². The van der Waals surface area contributed by atoms with Gasteiger partial charge in [-0.2, -0.15) is 0 Å². The lowest BCUT2D eigenvalue weighted by molar-refractivity contribution is 0.0828. The highest BCUT2D eigenvalue weighted by Crippen LogP contribution is 2.25. The maximum absolute atomic E-state index is 4.67. The van der Waals surface area contributed by atoms with Crippen LogP contribution in [0.5, 0.6) is 0 Å². The molecule has 3 nitrogen and oxygen atoms in total. The molecule has 0 saturated carbocycles. The number of benzene rings is 1. The van der Waals surface area contributed by atoms with Gasteiger partial charge >= 0.3 is 0 Å². The molecule has 1 saturated heterocycles. The minimum absolute atomic E-state index is 0.466. The van der Waals surface area contributed by atoms with E-state index in [1.54, 1.807) is 0 Å². The Balaban J connectivity index is 1.82. The number of nitrogens with zero attached hydrogens (tertiary/aromatic N) is 3. The van der Waals surface area contributed by atoms with Crippen LogP contribution in [0.3, 0.4) is 0 Å². The zero-order valence-electron chi connectivity index (χ0n) is 11.2. The Labute approximate surface area is 109 Å². The molecule has 0 radical (unpaired) electrons. The summed E-state index contributed by atoms with van der Waals surface area (Å²) in [6, 6.07) is 9.59. The van der Waals surface area contributed by atoms with Crippen molar-refractivity contribution in [2.45, 2.75) is 32.5 Å². The first-order valence-electron chi connectivity index (χ1n) is 6.84. The molecule has 96 valence electrons. The van der Waals surface area contributed by atoms with Crippen LogP contribution >= 0.6 is 0 Å². The Bertz CT molecular complexity index is 453. The van der Waals surface area contributed by atoms with Crippen LogP contribution in [0.1, 0.15) is 19.4 Å². The van der Waals surface area contributed by atoms with Crippen molar-refractivity contribution in [3.63, 3.8) is 0 Å². The van der Waals surface area contributed by atoms with Gasteiger partial charge in [0.15, 0.2) is 0 Å². The summed E-state index contributed by atoms with van der Waals surface area (Å²) in [6.45, 7) is 9.01. The van der Waals surface area contributed by atoms with Crippen molar-refractivity contribution in [1.29, 1.82) is 0 Å². The molecule has 1 aromatic carbocycles. The highest BCUT2D eigenvalue weighted by atomic mass is 15.3. The van der Waals surface area contributed by atoms with Gasteiger partial charge in [0.05, 0.1) is 11.7 Å². The predicted molar refractivity (Wildman–Crippen MR) is 75.5 cm³/mol. The molecular formula is C15H21N3. The molecule has 0 spiro atoms. The van der Waals surface area contributed by atoms with Crippen molar-refractivity contribution in [3.8, 4) is 0 Å². The lowest BCUT2D eigenvalue weighted by Crippen LogP contribution is -2.54. The zero-order valence-corrected chi connectivity index (χ0v) is 11.2. The first kappa shape index (κ1) is 11.9. The van der Waals surface area contributed by atoms with E-state index >= 15 is 0 Å². The van der Waals surface area contributed by atoms with Crippen LogP contribution in [-0.2, 0) is 6.54 Å². The van der Waals surface area contributed by atoms with Gasteiger partial charge in [0.25, 0.3) is 0 Å². The monoisotopic (exact) mass is 243 g/mol. The van der Waals surface area contributed by atoms with E-state index in [0.29, 0.717) is 12.1 Å². The van der Waals surface area contributed by atoms with Crippen molar-refractivity contribution in [1.82, 2.24) is 9.80 Å². The standard InChI is InChI=1S/C15H21N3/c1-12(2)17-7-8-18-10-13-5-3-4-6-15(13)16-9-14(18)11-17/h3-6,9,12,14H,7-8,10-11H2,1-2H3. The van der Waals surface area contributed by atoms with Crippen LogP contribution in [0.25, 0.3) is 0 Å². The van der Waals surface area contributed by atoms with E-state index in [4.69, 9.17) is 0 Å². The number of hydrogen-bond acceptors (Lipinski definition) is 3. The van der Waals surface area contributed by atoms with Crippen LogP contribution < -0.4 is 0 Å². The van der Waals surface area contributed by atoms with Gasteiger partial charge in [-0.05, 0) is 25.5 Å². The van der Waals surface area contributed by atoms with Gasteiger partial charge in [0.2, 0.25) is 0 Å². The molecule has 1 atom stereocenters. The van der Waals surface area contributed by atoms with Crippen LogP contribution in [0.2, 0.25) is 0 Å². The topological polar surface area (TPSA) is 18.8 Å². The number of hydrogen-bond donors (Lipinski definition) is 0. The van der Waals surface area contributed by atoms with Gasteiger partial charge in [-0.25, -0.2) is 0 Å². The van der Waals surface area contributed by atoms with Crippen LogP contribution in [0, 0.1) is 0 Å². The van der Waals surface area contributed by atoms with Crippen molar-refractivity contribution >= 4 is 11.9 Å². The lowest BCUT2D eigenvalue weighted by atomic mass is 10.1. The molecule has 0 aromatic heterocycles. The van der Waals surface area contributed by atoms with Crippen molar-refractivity contribution in [2.24, 2.45) is 4.99 Å². The maximum atomic E-state index is 4.67. The molecule has 3 heteroatoms. The number of fused-ring (bicyclic) bond motifs is 2. The summed E-state index contributed by atoms with van der Waals surface area (Å²) < 4.78 is 0. The molecule has 18 heavy (non-hydrogen) atoms. The lowest BCUT2D eigenvalue weighted by Gasteiger charge is -2.41. The summed E-state index contributed by atoms with van der Waals surface area (Å²) in [5.41, 5.74) is 2.50. The fraction of sp³-hybridized carbons (Fsp3) is 0.533. The fourth-order valence-corrected chi connectivity index (χ4v) is 2.83. The summed E-state index contributed by atoms with van der Waals surface area (Å²) in [6.07, 6.45) is 2.14. The Kier molecular flexibility index (Phi) is 3.18. The van der Waals surface area contributed by atoms with Crippen molar-refractivity contribution < 1.29 is 0 Å². The van der Waals surface area contributed by atoms with E-state index < -0.39 is 0 Å². The molecule has 1 unspecified atom stereocenters. The summed E-state index contributed by atoms with van der Waals surface area (Å²) in [5.74, 6) is 0. The molecule has 1 aromatic rings. The molecule has 2 aliphatic heterocycles. The van der Waals surface area contributed by atoms with E-state index in [2.05, 4.69) is 59.1 Å². The molecule has 0 amide bonds. The Morgan fingerprint density at radius 1 is 1.22 bits per heavy atom. The first-order chi connectivity index (χ1) is 8.74. The van der Waals surface area contributed by atoms with E-state index in [9.17, 15) is 0 Å². The summed E-state index contributed by atoms with van der Waals surface area (Å²) in [7, 11) is 0. The third-order valence-corrected chi connectivity index (χ3v) is 4.05. The molecule has 0 bridgehead atoms.